The molecule has 1 atom stereocenters. The number of sulfonamides is 1. The molecule has 3 aliphatic rings. The molecule has 1 unspecified atom stereocenters. The normalized spacial score (nSPS) is 24.5. The minimum absolute atomic E-state index is 0.0370. The lowest BCUT2D eigenvalue weighted by Gasteiger charge is -2.43. The van der Waals surface area contributed by atoms with Crippen molar-refractivity contribution in [2.24, 2.45) is 5.92 Å². The van der Waals surface area contributed by atoms with Crippen LogP contribution >= 0.6 is 11.6 Å². The number of hydrogen-bond donors (Lipinski definition) is 2. The molecule has 1 spiro atoms. The highest BCUT2D eigenvalue weighted by Gasteiger charge is 2.60. The molecule has 9 heteroatoms. The summed E-state index contributed by atoms with van der Waals surface area (Å²) in [5.41, 5.74) is 2.14. The first-order chi connectivity index (χ1) is 18.7. The van der Waals surface area contributed by atoms with Gasteiger partial charge in [-0.15, -0.1) is 0 Å². The van der Waals surface area contributed by atoms with Gasteiger partial charge in [0.2, 0.25) is 0 Å². The predicted octanol–water partition coefficient (Wildman–Crippen LogP) is 5.57. The van der Waals surface area contributed by atoms with Crippen LogP contribution in [0.15, 0.2) is 71.6 Å². The van der Waals surface area contributed by atoms with Crippen molar-refractivity contribution < 1.29 is 22.7 Å². The first kappa shape index (κ1) is 26.3. The molecular formula is C30H30ClFN2O4S. The van der Waals surface area contributed by atoms with Crippen LogP contribution in [0, 0.1) is 11.7 Å². The van der Waals surface area contributed by atoms with E-state index in [1.165, 1.54) is 16.4 Å². The van der Waals surface area contributed by atoms with E-state index in [1.807, 2.05) is 24.3 Å². The third-order valence-electron chi connectivity index (χ3n) is 8.53. The van der Waals surface area contributed by atoms with Gasteiger partial charge in [0.15, 0.2) is 0 Å². The number of benzene rings is 3. The number of hydrogen-bond acceptors (Lipinski definition) is 4. The van der Waals surface area contributed by atoms with E-state index in [9.17, 15) is 22.7 Å². The molecule has 6 nitrogen and oxygen atoms in total. The Labute approximate surface area is 232 Å². The molecule has 204 valence electrons. The van der Waals surface area contributed by atoms with Crippen molar-refractivity contribution in [3.05, 3.63) is 94.3 Å². The Morgan fingerprint density at radius 2 is 1.72 bits per heavy atom. The van der Waals surface area contributed by atoms with Crippen LogP contribution in [0.3, 0.4) is 0 Å². The van der Waals surface area contributed by atoms with Crippen LogP contribution in [0.1, 0.15) is 60.0 Å². The van der Waals surface area contributed by atoms with Gasteiger partial charge in [-0.3, -0.25) is 9.10 Å². The number of carbonyl (C=O) groups is 1. The van der Waals surface area contributed by atoms with Crippen LogP contribution in [0.2, 0.25) is 5.02 Å². The van der Waals surface area contributed by atoms with Gasteiger partial charge in [-0.1, -0.05) is 29.8 Å². The maximum atomic E-state index is 14.1. The number of nitrogens with one attached hydrogen (secondary N) is 1. The summed E-state index contributed by atoms with van der Waals surface area (Å²) in [6, 6.07) is 17.2. The Morgan fingerprint density at radius 1 is 1.03 bits per heavy atom. The number of nitrogens with zero attached hydrogens (tertiary/aromatic N) is 1. The second-order valence-electron chi connectivity index (χ2n) is 10.9. The van der Waals surface area contributed by atoms with Gasteiger partial charge in [0.25, 0.3) is 15.9 Å². The third kappa shape index (κ3) is 4.62. The highest BCUT2D eigenvalue weighted by atomic mass is 35.5. The number of halogens is 2. The fraction of sp³-hybridized carbons (Fsp3) is 0.367. The largest absolute Gasteiger partial charge is 0.393 e. The van der Waals surface area contributed by atoms with Gasteiger partial charge in [-0.25, -0.2) is 12.8 Å². The van der Waals surface area contributed by atoms with Crippen molar-refractivity contribution in [2.45, 2.75) is 67.5 Å². The van der Waals surface area contributed by atoms with Crippen LogP contribution < -0.4 is 9.62 Å². The molecule has 6 rings (SSSR count). The number of carbonyl (C=O) groups excluding carboxylic acids is 1. The van der Waals surface area contributed by atoms with Gasteiger partial charge in [0.1, 0.15) is 5.82 Å². The van der Waals surface area contributed by atoms with Gasteiger partial charge in [-0.05, 0) is 104 Å². The molecule has 0 bridgehead atoms. The molecule has 2 aliphatic carbocycles. The second-order valence-corrected chi connectivity index (χ2v) is 13.2. The number of aliphatic hydroxyl groups excluding tert-OH is 1. The van der Waals surface area contributed by atoms with E-state index in [-0.39, 0.29) is 29.3 Å². The number of aliphatic hydroxyl groups is 1. The summed E-state index contributed by atoms with van der Waals surface area (Å²) in [5.74, 6) is -0.591. The molecule has 3 aromatic rings. The molecular weight excluding hydrogens is 539 g/mol. The van der Waals surface area contributed by atoms with E-state index in [4.69, 9.17) is 11.6 Å². The fourth-order valence-electron chi connectivity index (χ4n) is 6.46. The highest BCUT2D eigenvalue weighted by molar-refractivity contribution is 7.92. The van der Waals surface area contributed by atoms with Gasteiger partial charge >= 0.3 is 0 Å². The van der Waals surface area contributed by atoms with Crippen molar-refractivity contribution in [3.63, 3.8) is 0 Å². The van der Waals surface area contributed by atoms with Crippen LogP contribution in [0.5, 0.6) is 0 Å². The number of anilines is 1. The molecule has 2 saturated carbocycles. The third-order valence-corrected chi connectivity index (χ3v) is 10.7. The molecule has 39 heavy (non-hydrogen) atoms. The molecule has 2 fully saturated rings. The summed E-state index contributed by atoms with van der Waals surface area (Å²) < 4.78 is 43.4. The van der Waals surface area contributed by atoms with Crippen LogP contribution in [-0.2, 0) is 22.0 Å². The summed E-state index contributed by atoms with van der Waals surface area (Å²) in [7, 11) is -4.01. The zero-order chi connectivity index (χ0) is 27.4. The highest BCUT2D eigenvalue weighted by Crippen LogP contribution is 2.60. The number of fused-ring (bicyclic) bond motifs is 2. The van der Waals surface area contributed by atoms with Crippen molar-refractivity contribution in [3.8, 4) is 0 Å². The maximum absolute atomic E-state index is 14.1. The van der Waals surface area contributed by atoms with Crippen LogP contribution in [0.25, 0.3) is 0 Å². The van der Waals surface area contributed by atoms with E-state index in [2.05, 4.69) is 5.32 Å². The molecule has 2 N–H and O–H groups in total. The van der Waals surface area contributed by atoms with Gasteiger partial charge in [0, 0.05) is 22.5 Å². The lowest BCUT2D eigenvalue weighted by Crippen LogP contribution is -2.50. The fourth-order valence-corrected chi connectivity index (χ4v) is 8.46. The second kappa shape index (κ2) is 9.91. The number of rotatable bonds is 6. The van der Waals surface area contributed by atoms with Crippen molar-refractivity contribution >= 4 is 33.2 Å². The maximum Gasteiger partial charge on any atom is 0.264 e. The molecule has 3 aromatic carbocycles. The molecule has 1 aliphatic heterocycles. The molecule has 0 aromatic heterocycles. The Balaban J connectivity index is 1.42. The van der Waals surface area contributed by atoms with Gasteiger partial charge in [0.05, 0.1) is 22.7 Å². The Hall–Kier alpha value is -2.94. The van der Waals surface area contributed by atoms with Crippen LogP contribution in [0.4, 0.5) is 10.1 Å². The summed E-state index contributed by atoms with van der Waals surface area (Å²) in [6.45, 7) is 0.267. The van der Waals surface area contributed by atoms with Crippen molar-refractivity contribution in [1.29, 1.82) is 0 Å². The zero-order valence-corrected chi connectivity index (χ0v) is 22.9. The number of amides is 1. The lowest BCUT2D eigenvalue weighted by molar-refractivity contribution is 0.0868. The van der Waals surface area contributed by atoms with Crippen molar-refractivity contribution in [1.82, 2.24) is 5.32 Å². The molecule has 0 radical (unpaired) electrons. The molecule has 0 saturated heterocycles. The molecule has 1 amide bonds. The van der Waals surface area contributed by atoms with E-state index in [0.717, 1.165) is 36.1 Å². The minimum Gasteiger partial charge on any atom is -0.393 e. The average Bonchev–Trinajstić information content (AvgIpc) is 3.73. The van der Waals surface area contributed by atoms with Gasteiger partial charge in [-0.2, -0.15) is 0 Å². The van der Waals surface area contributed by atoms with E-state index in [0.29, 0.717) is 42.0 Å². The smallest absolute Gasteiger partial charge is 0.264 e. The Bertz CT molecular complexity index is 1520. The van der Waals surface area contributed by atoms with Crippen molar-refractivity contribution in [2.75, 3.05) is 4.31 Å². The first-order valence-corrected chi connectivity index (χ1v) is 15.2. The summed E-state index contributed by atoms with van der Waals surface area (Å²) >= 11 is 6.25. The van der Waals surface area contributed by atoms with Gasteiger partial charge < -0.3 is 10.4 Å². The van der Waals surface area contributed by atoms with Crippen LogP contribution in [-0.4, -0.2) is 31.6 Å². The zero-order valence-electron chi connectivity index (χ0n) is 21.3. The average molecular weight is 569 g/mol. The summed E-state index contributed by atoms with van der Waals surface area (Å²) in [6.07, 6.45) is 3.80. The SMILES string of the molecule is O=C(NCc1ccccc1Cl)c1ccc2c(c1)C1(CCC(O)CC1)C(C1CC1)N2S(=O)(=O)c1ccc(F)cc1. The molecule has 1 heterocycles. The monoisotopic (exact) mass is 568 g/mol. The van der Waals surface area contributed by atoms with E-state index in [1.54, 1.807) is 18.2 Å². The predicted molar refractivity (Wildman–Crippen MR) is 148 cm³/mol. The minimum atomic E-state index is -4.01. The standard InChI is InChI=1S/C30H30ClFN2O4S/c31-26-4-2-1-3-21(26)18-33-29(36)20-7-12-27-25(17-20)30(15-13-23(35)14-16-30)28(19-5-6-19)34(27)39(37,38)24-10-8-22(32)9-11-24/h1-4,7-12,17,19,23,28,35H,5-6,13-16,18H2,(H,33,36). The van der Waals surface area contributed by atoms with E-state index >= 15 is 0 Å². The Kier molecular flexibility index (Phi) is 6.68. The first-order valence-electron chi connectivity index (χ1n) is 13.3. The topological polar surface area (TPSA) is 86.7 Å². The summed E-state index contributed by atoms with van der Waals surface area (Å²) in [4.78, 5) is 13.3. The lowest BCUT2D eigenvalue weighted by atomic mass is 9.64. The quantitative estimate of drug-likeness (QED) is 0.407. The Morgan fingerprint density at radius 3 is 2.38 bits per heavy atom. The van der Waals surface area contributed by atoms with E-state index < -0.39 is 27.4 Å². The summed E-state index contributed by atoms with van der Waals surface area (Å²) in [5, 5.41) is 13.9.